The van der Waals surface area contributed by atoms with Crippen LogP contribution in [0.15, 0.2) is 48.5 Å². The summed E-state index contributed by atoms with van der Waals surface area (Å²) in [6.45, 7) is 1.44. The number of fused-ring (bicyclic) bond motifs is 1. The van der Waals surface area contributed by atoms with E-state index in [0.717, 1.165) is 0 Å². The summed E-state index contributed by atoms with van der Waals surface area (Å²) in [4.78, 5) is 47.8. The minimum absolute atomic E-state index is 0.0943. The average Bonchev–Trinajstić information content (AvgIpc) is 2.90. The van der Waals surface area contributed by atoms with Crippen LogP contribution in [-0.4, -0.2) is 23.4 Å². The smallest absolute Gasteiger partial charge is 0.292 e. The van der Waals surface area contributed by atoms with Gasteiger partial charge in [0.1, 0.15) is 5.92 Å². The molecule has 0 radical (unpaired) electrons. The Bertz CT molecular complexity index is 856. The molecule has 6 heteroatoms. The highest BCUT2D eigenvalue weighted by atomic mass is 16.2. The fourth-order valence-corrected chi connectivity index (χ4v) is 2.58. The van der Waals surface area contributed by atoms with Gasteiger partial charge in [-0.1, -0.05) is 18.2 Å². The minimum Gasteiger partial charge on any atom is -0.325 e. The van der Waals surface area contributed by atoms with Crippen molar-refractivity contribution in [3.8, 4) is 0 Å². The maximum Gasteiger partial charge on any atom is 0.292 e. The Morgan fingerprint density at radius 2 is 1.67 bits per heavy atom. The van der Waals surface area contributed by atoms with Gasteiger partial charge >= 0.3 is 0 Å². The molecule has 0 aliphatic carbocycles. The monoisotopic (exact) mass is 322 g/mol. The predicted octanol–water partition coefficient (Wildman–Crippen LogP) is 2.13. The van der Waals surface area contributed by atoms with Crippen molar-refractivity contribution in [1.29, 1.82) is 0 Å². The number of carbonyl (C=O) groups is 4. The van der Waals surface area contributed by atoms with Crippen LogP contribution in [0.5, 0.6) is 0 Å². The first-order valence-corrected chi connectivity index (χ1v) is 7.33. The predicted molar refractivity (Wildman–Crippen MR) is 87.9 cm³/mol. The molecule has 3 rings (SSSR count). The summed E-state index contributed by atoms with van der Waals surface area (Å²) in [5.74, 6) is -3.44. The summed E-state index contributed by atoms with van der Waals surface area (Å²) in [6.07, 6.45) is 0. The number of carbonyl (C=O) groups excluding carboxylic acids is 4. The average molecular weight is 322 g/mol. The number of Topliss-reactive ketones (excluding diaryl/α,β-unsaturated/α-hetero) is 2. The molecule has 0 bridgehead atoms. The quantitative estimate of drug-likeness (QED) is 0.512. The van der Waals surface area contributed by atoms with Crippen molar-refractivity contribution < 1.29 is 19.2 Å². The lowest BCUT2D eigenvalue weighted by Gasteiger charge is -2.09. The van der Waals surface area contributed by atoms with Gasteiger partial charge in [-0.3, -0.25) is 19.2 Å². The molecule has 24 heavy (non-hydrogen) atoms. The number of benzene rings is 2. The molecule has 1 aliphatic rings. The van der Waals surface area contributed by atoms with E-state index in [0.29, 0.717) is 22.5 Å². The van der Waals surface area contributed by atoms with E-state index in [-0.39, 0.29) is 5.78 Å². The largest absolute Gasteiger partial charge is 0.325 e. The lowest BCUT2D eigenvalue weighted by atomic mass is 9.95. The Balaban J connectivity index is 1.77. The summed E-state index contributed by atoms with van der Waals surface area (Å²) < 4.78 is 0. The van der Waals surface area contributed by atoms with Crippen molar-refractivity contribution in [2.75, 3.05) is 10.6 Å². The summed E-state index contributed by atoms with van der Waals surface area (Å²) in [5, 5.41) is 5.05. The van der Waals surface area contributed by atoms with Crippen molar-refractivity contribution in [1.82, 2.24) is 0 Å². The van der Waals surface area contributed by atoms with Gasteiger partial charge in [0.2, 0.25) is 11.7 Å². The Labute approximate surface area is 137 Å². The van der Waals surface area contributed by atoms with E-state index in [1.807, 2.05) is 0 Å². The molecule has 1 atom stereocenters. The number of hydrogen-bond donors (Lipinski definition) is 2. The Morgan fingerprint density at radius 1 is 1.00 bits per heavy atom. The summed E-state index contributed by atoms with van der Waals surface area (Å²) in [7, 11) is 0. The van der Waals surface area contributed by atoms with Gasteiger partial charge in [0.05, 0.1) is 0 Å². The lowest BCUT2D eigenvalue weighted by Crippen LogP contribution is -2.31. The first-order chi connectivity index (χ1) is 11.5. The molecule has 0 unspecified atom stereocenters. The Hall–Kier alpha value is -3.28. The van der Waals surface area contributed by atoms with Gasteiger partial charge in [0.15, 0.2) is 5.78 Å². The zero-order valence-electron chi connectivity index (χ0n) is 12.8. The van der Waals surface area contributed by atoms with E-state index in [1.165, 1.54) is 19.1 Å². The number of para-hydroxylation sites is 1. The molecule has 2 aromatic rings. The first-order valence-electron chi connectivity index (χ1n) is 7.33. The third kappa shape index (κ3) is 2.81. The molecule has 1 aliphatic heterocycles. The second-order valence-electron chi connectivity index (χ2n) is 5.46. The van der Waals surface area contributed by atoms with Gasteiger partial charge in [-0.05, 0) is 42.8 Å². The minimum atomic E-state index is -1.14. The van der Waals surface area contributed by atoms with E-state index < -0.39 is 23.5 Å². The molecule has 120 valence electrons. The van der Waals surface area contributed by atoms with Gasteiger partial charge in [0, 0.05) is 16.9 Å². The van der Waals surface area contributed by atoms with Crippen molar-refractivity contribution in [3.05, 3.63) is 59.7 Å². The summed E-state index contributed by atoms with van der Waals surface area (Å²) in [6, 6.07) is 12.9. The van der Waals surface area contributed by atoms with Crippen LogP contribution in [0, 0.1) is 0 Å². The van der Waals surface area contributed by atoms with Crippen LogP contribution in [0.25, 0.3) is 0 Å². The third-order valence-corrected chi connectivity index (χ3v) is 3.83. The Morgan fingerprint density at radius 3 is 2.33 bits per heavy atom. The third-order valence-electron chi connectivity index (χ3n) is 3.83. The molecule has 0 saturated carbocycles. The van der Waals surface area contributed by atoms with Gasteiger partial charge in [-0.2, -0.15) is 0 Å². The van der Waals surface area contributed by atoms with E-state index in [1.54, 1.807) is 36.4 Å². The van der Waals surface area contributed by atoms with E-state index >= 15 is 0 Å². The van der Waals surface area contributed by atoms with Crippen LogP contribution >= 0.6 is 0 Å². The fourth-order valence-electron chi connectivity index (χ4n) is 2.58. The molecule has 2 amide bonds. The normalized spacial score (nSPS) is 15.4. The molecule has 6 nitrogen and oxygen atoms in total. The zero-order valence-corrected chi connectivity index (χ0v) is 12.8. The number of anilines is 2. The topological polar surface area (TPSA) is 92.3 Å². The molecule has 0 aromatic heterocycles. The van der Waals surface area contributed by atoms with E-state index in [9.17, 15) is 19.2 Å². The molecular weight excluding hydrogens is 308 g/mol. The Kier molecular flexibility index (Phi) is 3.95. The molecule has 0 spiro atoms. The van der Waals surface area contributed by atoms with Crippen LogP contribution < -0.4 is 10.6 Å². The maximum absolute atomic E-state index is 12.4. The molecule has 2 N–H and O–H groups in total. The highest BCUT2D eigenvalue weighted by Gasteiger charge is 2.39. The second kappa shape index (κ2) is 6.08. The SMILES string of the molecule is CC(=O)c1ccc(NC(=O)C(=O)[C@H]2C(=O)Nc3ccccc32)cc1. The zero-order chi connectivity index (χ0) is 17.3. The number of ketones is 2. The summed E-state index contributed by atoms with van der Waals surface area (Å²) in [5.41, 5.74) is 1.92. The first kappa shape index (κ1) is 15.6. The van der Waals surface area contributed by atoms with Gasteiger partial charge in [-0.25, -0.2) is 0 Å². The van der Waals surface area contributed by atoms with Crippen molar-refractivity contribution in [2.45, 2.75) is 12.8 Å². The highest BCUT2D eigenvalue weighted by molar-refractivity contribution is 6.47. The van der Waals surface area contributed by atoms with E-state index in [2.05, 4.69) is 10.6 Å². The van der Waals surface area contributed by atoms with Gasteiger partial charge in [-0.15, -0.1) is 0 Å². The van der Waals surface area contributed by atoms with Crippen LogP contribution in [0.3, 0.4) is 0 Å². The summed E-state index contributed by atoms with van der Waals surface area (Å²) >= 11 is 0. The standard InChI is InChI=1S/C18H14N2O4/c1-10(21)11-6-8-12(9-7-11)19-18(24)16(22)15-13-4-2-3-5-14(13)20-17(15)23/h2-9,15H,1H3,(H,19,24)(H,20,23)/t15-/m0/s1. The second-order valence-corrected chi connectivity index (χ2v) is 5.46. The number of amides is 2. The highest BCUT2D eigenvalue weighted by Crippen LogP contribution is 2.32. The van der Waals surface area contributed by atoms with Crippen LogP contribution in [0.1, 0.15) is 28.8 Å². The van der Waals surface area contributed by atoms with Gasteiger partial charge in [0.25, 0.3) is 5.91 Å². The fraction of sp³-hybridized carbons (Fsp3) is 0.111. The van der Waals surface area contributed by atoms with Crippen molar-refractivity contribution in [2.24, 2.45) is 0 Å². The number of hydrogen-bond acceptors (Lipinski definition) is 4. The lowest BCUT2D eigenvalue weighted by molar-refractivity contribution is -0.138. The molecule has 1 heterocycles. The van der Waals surface area contributed by atoms with Crippen LogP contribution in [-0.2, 0) is 14.4 Å². The van der Waals surface area contributed by atoms with Crippen LogP contribution in [0.2, 0.25) is 0 Å². The molecular formula is C18H14N2O4. The molecule has 0 fully saturated rings. The van der Waals surface area contributed by atoms with Gasteiger partial charge < -0.3 is 10.6 Å². The number of nitrogens with one attached hydrogen (secondary N) is 2. The van der Waals surface area contributed by atoms with Crippen LogP contribution in [0.4, 0.5) is 11.4 Å². The van der Waals surface area contributed by atoms with E-state index in [4.69, 9.17) is 0 Å². The molecule has 2 aromatic carbocycles. The molecule has 0 saturated heterocycles. The van der Waals surface area contributed by atoms with Crippen molar-refractivity contribution in [3.63, 3.8) is 0 Å². The van der Waals surface area contributed by atoms with Crippen molar-refractivity contribution >= 4 is 34.8 Å². The number of rotatable bonds is 4. The maximum atomic E-state index is 12.4.